The zero-order chi connectivity index (χ0) is 17.6. The van der Waals surface area contributed by atoms with E-state index in [2.05, 4.69) is 29.6 Å². The summed E-state index contributed by atoms with van der Waals surface area (Å²) in [6.07, 6.45) is 2.43. The van der Waals surface area contributed by atoms with Gasteiger partial charge >= 0.3 is 0 Å². The number of rotatable bonds is 6. The molecule has 3 heteroatoms. The molecule has 1 aliphatic heterocycles. The second-order valence-corrected chi connectivity index (χ2v) is 6.57. The molecule has 3 aromatic rings. The maximum atomic E-state index is 5.93. The van der Waals surface area contributed by atoms with E-state index in [-0.39, 0.29) is 0 Å². The quantitative estimate of drug-likeness (QED) is 0.659. The van der Waals surface area contributed by atoms with Gasteiger partial charge < -0.3 is 14.8 Å². The molecule has 1 heterocycles. The topological polar surface area (TPSA) is 30.5 Å². The van der Waals surface area contributed by atoms with Crippen LogP contribution >= 0.6 is 0 Å². The SMILES string of the molecule is c1ccc(-c2ccc(Oc3ccc(OCC4CCCN4)cc3)cc2)cc1. The molecule has 3 nitrogen and oxygen atoms in total. The van der Waals surface area contributed by atoms with E-state index in [1.54, 1.807) is 0 Å². The van der Waals surface area contributed by atoms with E-state index in [1.807, 2.05) is 54.6 Å². The first-order chi connectivity index (χ1) is 12.9. The Balaban J connectivity index is 1.35. The first-order valence-corrected chi connectivity index (χ1v) is 9.16. The van der Waals surface area contributed by atoms with Crippen molar-refractivity contribution in [3.05, 3.63) is 78.9 Å². The van der Waals surface area contributed by atoms with Gasteiger partial charge in [-0.1, -0.05) is 42.5 Å². The van der Waals surface area contributed by atoms with E-state index in [0.717, 1.165) is 30.4 Å². The maximum Gasteiger partial charge on any atom is 0.127 e. The van der Waals surface area contributed by atoms with Crippen molar-refractivity contribution >= 4 is 0 Å². The minimum Gasteiger partial charge on any atom is -0.492 e. The van der Waals surface area contributed by atoms with E-state index < -0.39 is 0 Å². The molecule has 1 fully saturated rings. The van der Waals surface area contributed by atoms with E-state index >= 15 is 0 Å². The Morgan fingerprint density at radius 1 is 0.731 bits per heavy atom. The summed E-state index contributed by atoms with van der Waals surface area (Å²) in [6, 6.07) is 26.8. The molecule has 4 rings (SSSR count). The highest BCUT2D eigenvalue weighted by atomic mass is 16.5. The fraction of sp³-hybridized carbons (Fsp3) is 0.217. The van der Waals surface area contributed by atoms with Gasteiger partial charge in [0.2, 0.25) is 0 Å². The van der Waals surface area contributed by atoms with Crippen LogP contribution in [-0.2, 0) is 0 Å². The van der Waals surface area contributed by atoms with Crippen molar-refractivity contribution in [3.8, 4) is 28.4 Å². The van der Waals surface area contributed by atoms with E-state index in [4.69, 9.17) is 9.47 Å². The average Bonchev–Trinajstić information content (AvgIpc) is 3.22. The lowest BCUT2D eigenvalue weighted by molar-refractivity contribution is 0.277. The van der Waals surface area contributed by atoms with Crippen molar-refractivity contribution in [2.24, 2.45) is 0 Å². The maximum absolute atomic E-state index is 5.93. The van der Waals surface area contributed by atoms with Gasteiger partial charge in [0.1, 0.15) is 23.9 Å². The van der Waals surface area contributed by atoms with E-state index in [0.29, 0.717) is 6.04 Å². The molecule has 0 spiro atoms. The second kappa shape index (κ2) is 8.07. The van der Waals surface area contributed by atoms with Gasteiger partial charge in [0, 0.05) is 6.04 Å². The van der Waals surface area contributed by atoms with Gasteiger partial charge in [0.15, 0.2) is 0 Å². The third kappa shape index (κ3) is 4.24. The monoisotopic (exact) mass is 345 g/mol. The van der Waals surface area contributed by atoms with Crippen LogP contribution in [0.15, 0.2) is 78.9 Å². The Kier molecular flexibility index (Phi) is 5.17. The fourth-order valence-electron chi connectivity index (χ4n) is 3.18. The second-order valence-electron chi connectivity index (χ2n) is 6.57. The van der Waals surface area contributed by atoms with Crippen molar-refractivity contribution in [3.63, 3.8) is 0 Å². The number of hydrogen-bond acceptors (Lipinski definition) is 3. The molecule has 1 unspecified atom stereocenters. The van der Waals surface area contributed by atoms with Crippen LogP contribution in [-0.4, -0.2) is 19.2 Å². The van der Waals surface area contributed by atoms with Gasteiger partial charge in [-0.3, -0.25) is 0 Å². The summed E-state index contributed by atoms with van der Waals surface area (Å²) >= 11 is 0. The first kappa shape index (κ1) is 16.7. The third-order valence-corrected chi connectivity index (χ3v) is 4.63. The molecule has 1 atom stereocenters. The number of benzene rings is 3. The molecule has 132 valence electrons. The molecule has 1 N–H and O–H groups in total. The largest absolute Gasteiger partial charge is 0.492 e. The zero-order valence-electron chi connectivity index (χ0n) is 14.7. The fourth-order valence-corrected chi connectivity index (χ4v) is 3.18. The molecule has 0 saturated carbocycles. The highest BCUT2D eigenvalue weighted by Crippen LogP contribution is 2.27. The smallest absolute Gasteiger partial charge is 0.127 e. The van der Waals surface area contributed by atoms with Crippen molar-refractivity contribution in [1.82, 2.24) is 5.32 Å². The molecule has 1 saturated heterocycles. The lowest BCUT2D eigenvalue weighted by atomic mass is 10.1. The van der Waals surface area contributed by atoms with Crippen LogP contribution in [0.1, 0.15) is 12.8 Å². The van der Waals surface area contributed by atoms with Crippen LogP contribution in [0.5, 0.6) is 17.2 Å². The minimum absolute atomic E-state index is 0.481. The lowest BCUT2D eigenvalue weighted by Gasteiger charge is -2.12. The summed E-state index contributed by atoms with van der Waals surface area (Å²) in [5, 5.41) is 3.44. The van der Waals surface area contributed by atoms with Gasteiger partial charge in [-0.25, -0.2) is 0 Å². The number of ether oxygens (including phenoxy) is 2. The Bertz CT molecular complexity index is 807. The molecule has 0 amide bonds. The molecule has 0 radical (unpaired) electrons. The van der Waals surface area contributed by atoms with E-state index in [9.17, 15) is 0 Å². The minimum atomic E-state index is 0.481. The molecule has 26 heavy (non-hydrogen) atoms. The van der Waals surface area contributed by atoms with E-state index in [1.165, 1.54) is 24.0 Å². The molecule has 3 aromatic carbocycles. The van der Waals surface area contributed by atoms with Crippen LogP contribution in [0.3, 0.4) is 0 Å². The summed E-state index contributed by atoms with van der Waals surface area (Å²) in [5.74, 6) is 2.52. The van der Waals surface area contributed by atoms with Gasteiger partial charge in [0.25, 0.3) is 0 Å². The standard InChI is InChI=1S/C23H23NO2/c1-2-5-18(6-3-1)19-8-10-22(11-9-19)26-23-14-12-21(13-15-23)25-17-20-7-4-16-24-20/h1-3,5-6,8-15,20,24H,4,7,16-17H2. The summed E-state index contributed by atoms with van der Waals surface area (Å²) in [6.45, 7) is 1.82. The zero-order valence-corrected chi connectivity index (χ0v) is 14.7. The highest BCUT2D eigenvalue weighted by Gasteiger charge is 2.14. The normalized spacial score (nSPS) is 16.4. The average molecular weight is 345 g/mol. The van der Waals surface area contributed by atoms with Crippen LogP contribution in [0.4, 0.5) is 0 Å². The van der Waals surface area contributed by atoms with Gasteiger partial charge in [-0.15, -0.1) is 0 Å². The molecular formula is C23H23NO2. The Morgan fingerprint density at radius 2 is 1.35 bits per heavy atom. The summed E-state index contributed by atoms with van der Waals surface area (Å²) in [4.78, 5) is 0. The van der Waals surface area contributed by atoms with Crippen molar-refractivity contribution in [2.75, 3.05) is 13.2 Å². The molecule has 0 aromatic heterocycles. The molecular weight excluding hydrogens is 322 g/mol. The number of hydrogen-bond donors (Lipinski definition) is 1. The Labute approximate surface area is 154 Å². The summed E-state index contributed by atoms with van der Waals surface area (Å²) < 4.78 is 11.8. The predicted molar refractivity (Wildman–Crippen MR) is 105 cm³/mol. The van der Waals surface area contributed by atoms with Crippen LogP contribution in [0, 0.1) is 0 Å². The Morgan fingerprint density at radius 3 is 2.00 bits per heavy atom. The molecule has 1 aliphatic rings. The third-order valence-electron chi connectivity index (χ3n) is 4.63. The van der Waals surface area contributed by atoms with Crippen LogP contribution < -0.4 is 14.8 Å². The van der Waals surface area contributed by atoms with Crippen molar-refractivity contribution in [2.45, 2.75) is 18.9 Å². The summed E-state index contributed by atoms with van der Waals surface area (Å²) in [5.41, 5.74) is 2.39. The Hall–Kier alpha value is -2.78. The van der Waals surface area contributed by atoms with Gasteiger partial charge in [-0.2, -0.15) is 0 Å². The van der Waals surface area contributed by atoms with Crippen LogP contribution in [0.25, 0.3) is 11.1 Å². The van der Waals surface area contributed by atoms with Crippen molar-refractivity contribution < 1.29 is 9.47 Å². The molecule has 0 aliphatic carbocycles. The van der Waals surface area contributed by atoms with Gasteiger partial charge in [0.05, 0.1) is 0 Å². The van der Waals surface area contributed by atoms with Crippen molar-refractivity contribution in [1.29, 1.82) is 0 Å². The van der Waals surface area contributed by atoms with Gasteiger partial charge in [-0.05, 0) is 66.9 Å². The van der Waals surface area contributed by atoms with Crippen LogP contribution in [0.2, 0.25) is 0 Å². The predicted octanol–water partition coefficient (Wildman–Crippen LogP) is 5.28. The number of nitrogens with one attached hydrogen (secondary N) is 1. The molecule has 0 bridgehead atoms. The summed E-state index contributed by atoms with van der Waals surface area (Å²) in [7, 11) is 0. The highest BCUT2D eigenvalue weighted by molar-refractivity contribution is 5.64. The first-order valence-electron chi connectivity index (χ1n) is 9.16. The lowest BCUT2D eigenvalue weighted by Crippen LogP contribution is -2.28.